The molecule has 4 N–H and O–H groups in total. The molecule has 10 heterocycles. The van der Waals surface area contributed by atoms with E-state index >= 15 is 0 Å². The second-order valence-electron chi connectivity index (χ2n) is 41.1. The molecule has 0 amide bonds. The van der Waals surface area contributed by atoms with Gasteiger partial charge in [-0.3, -0.25) is 0 Å². The number of allylic oxidation sites excluding steroid dienone is 8. The van der Waals surface area contributed by atoms with E-state index in [1.165, 1.54) is 122 Å². The van der Waals surface area contributed by atoms with Crippen LogP contribution < -0.4 is 0 Å². The van der Waals surface area contributed by atoms with Crippen molar-refractivity contribution in [2.75, 3.05) is 0 Å². The SMILES string of the molecule is CCC1=C(C)c2nc1cc1[nH]c(c(C)c1CC)c(-c1ccc(C#CC34CCC(C#Cc5ccc(-c6c7nc(cc8[nH]c(c(C)c8CC)c(-c8cc(C(C)(C)C)cc(C(C)(C)C)c8)c8nc(cc9[nH]c6c(C)c9CC)C(CC)=C8C)C(CC)=C7C)cc5)(CC3)CC4)cc1)c1nc(cc3[nH]c(c(C)c3CC)c2-c2cc(C(C)(C)C)cc(C(C)(C)C)c2)C(CC)=C1C. The van der Waals surface area contributed by atoms with Crippen molar-refractivity contribution in [1.82, 2.24) is 39.9 Å². The first kappa shape index (κ1) is 86.7. The Morgan fingerprint density at radius 3 is 0.702 bits per heavy atom. The normalized spacial score (nSPS) is 16.9. The van der Waals surface area contributed by atoms with Crippen LogP contribution in [0.3, 0.4) is 0 Å². The van der Waals surface area contributed by atoms with Gasteiger partial charge in [-0.1, -0.05) is 223 Å². The van der Waals surface area contributed by atoms with Crippen LogP contribution in [-0.4, -0.2) is 39.9 Å². The number of rotatable bonds is 12. The molecular weight excluding hydrogens is 1510 g/mol. The quantitative estimate of drug-likeness (QED) is 0.0912. The Bertz CT molecular complexity index is 6250. The van der Waals surface area contributed by atoms with E-state index in [1.807, 2.05) is 0 Å². The summed E-state index contributed by atoms with van der Waals surface area (Å²) in [7, 11) is 0. The van der Waals surface area contributed by atoms with E-state index in [1.54, 1.807) is 0 Å². The molecule has 124 heavy (non-hydrogen) atoms. The van der Waals surface area contributed by atoms with Crippen molar-refractivity contribution in [3.8, 4) is 68.2 Å². The summed E-state index contributed by atoms with van der Waals surface area (Å²) in [6, 6.07) is 42.3. The summed E-state index contributed by atoms with van der Waals surface area (Å²) in [4.78, 5) is 39.8. The number of aryl methyl sites for hydroxylation is 8. The molecule has 7 aliphatic rings. The third kappa shape index (κ3) is 15.2. The van der Waals surface area contributed by atoms with Crippen LogP contribution in [0.5, 0.6) is 0 Å². The molecule has 8 nitrogen and oxygen atoms in total. The molecule has 0 atom stereocenters. The molecule has 3 fully saturated rings. The first-order chi connectivity index (χ1) is 58.8. The lowest BCUT2D eigenvalue weighted by Gasteiger charge is -2.48. The number of hydrogen-bond donors (Lipinski definition) is 4. The first-order valence-corrected chi connectivity index (χ1v) is 46.8. The van der Waals surface area contributed by atoms with Gasteiger partial charge in [0.1, 0.15) is 0 Å². The number of benzene rings is 4. The van der Waals surface area contributed by atoms with Crippen molar-refractivity contribution in [1.29, 1.82) is 0 Å². The zero-order chi connectivity index (χ0) is 88.7. The minimum Gasteiger partial charge on any atom is -0.354 e. The van der Waals surface area contributed by atoms with Crippen LogP contribution in [-0.2, 0) is 47.3 Å². The summed E-state index contributed by atoms with van der Waals surface area (Å²) in [5, 5.41) is 0. The number of fused-ring (bicyclic) bond motifs is 19. The molecule has 0 unspecified atom stereocenters. The number of nitrogens with one attached hydrogen (secondary N) is 4. The summed E-state index contributed by atoms with van der Waals surface area (Å²) in [6.07, 6.45) is 13.2. The largest absolute Gasteiger partial charge is 0.354 e. The second kappa shape index (κ2) is 32.3. The molecule has 0 saturated heterocycles. The molecular formula is C116H134N8. The van der Waals surface area contributed by atoms with Crippen molar-refractivity contribution in [2.24, 2.45) is 10.8 Å². The Kier molecular flexibility index (Phi) is 22.6. The average molecular weight is 1640 g/mol. The second-order valence-corrected chi connectivity index (χ2v) is 41.1. The van der Waals surface area contributed by atoms with Gasteiger partial charge in [-0.2, -0.15) is 0 Å². The molecule has 3 aliphatic carbocycles. The molecule has 638 valence electrons. The van der Waals surface area contributed by atoms with E-state index in [2.05, 4.69) is 347 Å². The number of H-pyrrole nitrogens is 4. The zero-order valence-electron chi connectivity index (χ0n) is 80.1. The minimum atomic E-state index is -0.0694. The minimum absolute atomic E-state index is 0.0307. The monoisotopic (exact) mass is 1640 g/mol. The maximum Gasteiger partial charge on any atom is 0.0769 e. The number of hydrogen-bond acceptors (Lipinski definition) is 4. The Morgan fingerprint density at radius 1 is 0.282 bits per heavy atom. The maximum absolute atomic E-state index is 5.83. The highest BCUT2D eigenvalue weighted by Crippen LogP contribution is 2.57. The lowest BCUT2D eigenvalue weighted by molar-refractivity contribution is 0.0718. The topological polar surface area (TPSA) is 115 Å². The molecule has 4 aliphatic heterocycles. The van der Waals surface area contributed by atoms with E-state index in [4.69, 9.17) is 19.9 Å². The molecule has 10 aromatic rings. The molecule has 0 spiro atoms. The number of aromatic nitrogens is 8. The number of nitrogens with zero attached hydrogens (tertiary/aromatic N) is 4. The Hall–Kier alpha value is -10.8. The fraction of sp³-hybridized carbons (Fsp3) is 0.414. The highest BCUT2D eigenvalue weighted by atomic mass is 14.8. The van der Waals surface area contributed by atoms with Gasteiger partial charge < -0.3 is 19.9 Å². The first-order valence-electron chi connectivity index (χ1n) is 46.8. The smallest absolute Gasteiger partial charge is 0.0769 e. The van der Waals surface area contributed by atoms with Crippen LogP contribution in [0.15, 0.2) is 109 Å². The average Bonchev–Trinajstić information content (AvgIpc) is 1.56. The Balaban J connectivity index is 0.740. The van der Waals surface area contributed by atoms with Crippen molar-refractivity contribution in [2.45, 2.75) is 305 Å². The van der Waals surface area contributed by atoms with Crippen molar-refractivity contribution >= 4 is 88.7 Å². The van der Waals surface area contributed by atoms with Gasteiger partial charge in [0.25, 0.3) is 0 Å². The van der Waals surface area contributed by atoms with Crippen LogP contribution in [0.1, 0.15) is 354 Å². The van der Waals surface area contributed by atoms with Crippen LogP contribution in [0.2, 0.25) is 0 Å². The Labute approximate surface area is 740 Å². The van der Waals surface area contributed by atoms with E-state index in [9.17, 15) is 0 Å². The van der Waals surface area contributed by atoms with E-state index in [0.29, 0.717) is 0 Å². The van der Waals surface area contributed by atoms with Gasteiger partial charge in [0, 0.05) is 66.3 Å². The van der Waals surface area contributed by atoms with Gasteiger partial charge in [0.2, 0.25) is 0 Å². The van der Waals surface area contributed by atoms with Crippen molar-refractivity contribution < 1.29 is 0 Å². The van der Waals surface area contributed by atoms with Crippen molar-refractivity contribution in [3.63, 3.8) is 0 Å². The standard InChI is InChI=1S/C116H134N8/c1-29-83-65(9)103-99(104-66(10)84(30-2)92(118-104)62-96-88(34-6)70(14)108(122-96)101(107-69(13)87(33-5)95(121-107)61-91(83)117-103)77-55-79(111(17,18)19)59-80(56-77)112(20,21)22)75-41-37-73(38-42-75)45-47-115-49-52-116(53-50-115,54-51-115)48-46-74-39-43-76(44-40-74)100-105-67(11)85(31-3)93(119-105)63-97-89(35-7)71(15)109(123-97)102(78-57-81(113(23,24)25)60-82(58-78)114(26,27)28)110-72(16)90(36-8)98(124-110)64-94-86(32-4)68(12)106(100)120-94/h37-44,55-64,117,119,122,124H,29-36,49-54H2,1-28H3. The summed E-state index contributed by atoms with van der Waals surface area (Å²) in [5.74, 6) is 15.5. The molecule has 6 aromatic heterocycles. The lowest BCUT2D eigenvalue weighted by Crippen LogP contribution is -2.40. The molecule has 8 heteroatoms. The van der Waals surface area contributed by atoms with E-state index < -0.39 is 0 Å². The predicted molar refractivity (Wildman–Crippen MR) is 532 cm³/mol. The summed E-state index contributed by atoms with van der Waals surface area (Å²) < 4.78 is 0. The lowest BCUT2D eigenvalue weighted by atomic mass is 9.54. The van der Waals surface area contributed by atoms with Gasteiger partial charge in [0.15, 0.2) is 0 Å². The van der Waals surface area contributed by atoms with Gasteiger partial charge >= 0.3 is 0 Å². The summed E-state index contributed by atoms with van der Waals surface area (Å²) >= 11 is 0. The van der Waals surface area contributed by atoms with Gasteiger partial charge in [-0.15, -0.1) is 0 Å². The van der Waals surface area contributed by atoms with E-state index in [-0.39, 0.29) is 32.5 Å². The van der Waals surface area contributed by atoms with Gasteiger partial charge in [-0.25, -0.2) is 19.9 Å². The van der Waals surface area contributed by atoms with Gasteiger partial charge in [-0.05, 0) is 349 Å². The maximum atomic E-state index is 5.83. The van der Waals surface area contributed by atoms with Gasteiger partial charge in [0.05, 0.1) is 67.6 Å². The highest BCUT2D eigenvalue weighted by molar-refractivity contribution is 6.07. The summed E-state index contributed by atoms with van der Waals surface area (Å²) in [5.41, 5.74) is 53.5. The predicted octanol–water partition coefficient (Wildman–Crippen LogP) is 31.4. The fourth-order valence-corrected chi connectivity index (χ4v) is 21.4. The molecule has 17 rings (SSSR count). The Morgan fingerprint density at radius 2 is 0.500 bits per heavy atom. The fourth-order valence-electron chi connectivity index (χ4n) is 21.4. The molecule has 18 bridgehead atoms. The third-order valence-corrected chi connectivity index (χ3v) is 29.4. The van der Waals surface area contributed by atoms with E-state index in [0.717, 1.165) is 224 Å². The summed E-state index contributed by atoms with van der Waals surface area (Å²) in [6.45, 7) is 64.8. The van der Waals surface area contributed by atoms with Crippen LogP contribution in [0.4, 0.5) is 0 Å². The van der Waals surface area contributed by atoms with Crippen LogP contribution in [0.25, 0.3) is 133 Å². The third-order valence-electron chi connectivity index (χ3n) is 29.4. The molecule has 3 saturated carbocycles. The highest BCUT2D eigenvalue weighted by Gasteiger charge is 2.47. The van der Waals surface area contributed by atoms with Crippen LogP contribution in [0, 0.1) is 62.2 Å². The molecule has 4 aromatic carbocycles. The van der Waals surface area contributed by atoms with Crippen molar-refractivity contribution in [3.05, 3.63) is 233 Å². The van der Waals surface area contributed by atoms with Crippen LogP contribution >= 0.6 is 0 Å². The zero-order valence-corrected chi connectivity index (χ0v) is 80.1. The number of aromatic amines is 4. The molecule has 0 radical (unpaired) electrons.